The van der Waals surface area contributed by atoms with Gasteiger partial charge in [0.1, 0.15) is 36.6 Å². The molecule has 0 bridgehead atoms. The van der Waals surface area contributed by atoms with E-state index in [2.05, 4.69) is 0 Å². The largest absolute Gasteiger partial charge is 0.394 e. The Labute approximate surface area is 132 Å². The molecule has 0 radical (unpaired) electrons. The van der Waals surface area contributed by atoms with E-state index in [0.717, 1.165) is 0 Å². The first-order chi connectivity index (χ1) is 10.8. The summed E-state index contributed by atoms with van der Waals surface area (Å²) in [6.07, 6.45) is -10.5. The third-order valence-corrected chi connectivity index (χ3v) is 4.14. The van der Waals surface area contributed by atoms with Crippen molar-refractivity contribution in [2.45, 2.75) is 61.3 Å². The van der Waals surface area contributed by atoms with E-state index in [4.69, 9.17) is 30.8 Å². The van der Waals surface area contributed by atoms with Gasteiger partial charge in [0.25, 0.3) is 0 Å². The summed E-state index contributed by atoms with van der Waals surface area (Å²) in [5.74, 6) is 0. The molecule has 0 spiro atoms. The molecular formula is C12H24N2O9. The number of aliphatic hydroxyl groups is 6. The number of aliphatic hydroxyl groups excluding tert-OH is 6. The van der Waals surface area contributed by atoms with E-state index in [-0.39, 0.29) is 0 Å². The highest BCUT2D eigenvalue weighted by Gasteiger charge is 2.49. The van der Waals surface area contributed by atoms with Crippen molar-refractivity contribution in [2.75, 3.05) is 13.2 Å². The summed E-state index contributed by atoms with van der Waals surface area (Å²) in [7, 11) is 0. The molecule has 2 rings (SSSR count). The van der Waals surface area contributed by atoms with Gasteiger partial charge in [0.2, 0.25) is 0 Å². The molecule has 11 nitrogen and oxygen atoms in total. The Morgan fingerprint density at radius 2 is 1.39 bits per heavy atom. The lowest BCUT2D eigenvalue weighted by atomic mass is 9.95. The monoisotopic (exact) mass is 340 g/mol. The SMILES string of the molecule is NC1C(O)C(O)[C@@H](CO)O[C@H]1OC1C(CO)O[C@@H](O)[C@H](N)C1O. The Kier molecular flexibility index (Phi) is 6.27. The van der Waals surface area contributed by atoms with Crippen LogP contribution in [0.3, 0.4) is 0 Å². The molecule has 11 heteroatoms. The van der Waals surface area contributed by atoms with E-state index in [0.29, 0.717) is 0 Å². The van der Waals surface area contributed by atoms with E-state index in [1.807, 2.05) is 0 Å². The summed E-state index contributed by atoms with van der Waals surface area (Å²) in [4.78, 5) is 0. The van der Waals surface area contributed by atoms with Crippen molar-refractivity contribution in [2.24, 2.45) is 11.5 Å². The van der Waals surface area contributed by atoms with Crippen molar-refractivity contribution in [3.63, 3.8) is 0 Å². The molecule has 0 saturated carbocycles. The first-order valence-electron chi connectivity index (χ1n) is 7.23. The summed E-state index contributed by atoms with van der Waals surface area (Å²) < 4.78 is 15.8. The van der Waals surface area contributed by atoms with Crippen LogP contribution in [0, 0.1) is 0 Å². The van der Waals surface area contributed by atoms with Crippen molar-refractivity contribution in [3.8, 4) is 0 Å². The van der Waals surface area contributed by atoms with E-state index in [9.17, 15) is 25.5 Å². The fourth-order valence-electron chi connectivity index (χ4n) is 2.65. The molecule has 2 saturated heterocycles. The quantitative estimate of drug-likeness (QED) is 0.242. The lowest BCUT2D eigenvalue weighted by Crippen LogP contribution is -2.67. The molecule has 0 aliphatic carbocycles. The smallest absolute Gasteiger partial charge is 0.176 e. The van der Waals surface area contributed by atoms with Crippen LogP contribution in [-0.4, -0.2) is 105 Å². The summed E-state index contributed by atoms with van der Waals surface area (Å²) in [6.45, 7) is -1.17. The van der Waals surface area contributed by atoms with Crippen LogP contribution in [0.2, 0.25) is 0 Å². The minimum absolute atomic E-state index is 0.581. The highest BCUT2D eigenvalue weighted by Crippen LogP contribution is 2.27. The lowest BCUT2D eigenvalue weighted by Gasteiger charge is -2.45. The van der Waals surface area contributed by atoms with Crippen molar-refractivity contribution < 1.29 is 44.8 Å². The highest BCUT2D eigenvalue weighted by molar-refractivity contribution is 4.95. The molecule has 0 amide bonds. The van der Waals surface area contributed by atoms with Gasteiger partial charge in [-0.3, -0.25) is 0 Å². The second-order valence-electron chi connectivity index (χ2n) is 5.70. The van der Waals surface area contributed by atoms with Gasteiger partial charge >= 0.3 is 0 Å². The molecule has 2 heterocycles. The van der Waals surface area contributed by atoms with Crippen molar-refractivity contribution >= 4 is 0 Å². The Morgan fingerprint density at radius 1 is 0.783 bits per heavy atom. The van der Waals surface area contributed by atoms with E-state index >= 15 is 0 Å². The number of rotatable bonds is 4. The molecule has 23 heavy (non-hydrogen) atoms. The zero-order valence-corrected chi connectivity index (χ0v) is 12.3. The number of nitrogens with two attached hydrogens (primary N) is 2. The van der Waals surface area contributed by atoms with Crippen molar-refractivity contribution in [1.82, 2.24) is 0 Å². The number of hydrogen-bond acceptors (Lipinski definition) is 11. The minimum Gasteiger partial charge on any atom is -0.394 e. The summed E-state index contributed by atoms with van der Waals surface area (Å²) in [6, 6.07) is -2.37. The van der Waals surface area contributed by atoms with Crippen LogP contribution in [0.15, 0.2) is 0 Å². The molecular weight excluding hydrogens is 316 g/mol. The molecule has 2 fully saturated rings. The minimum atomic E-state index is -1.49. The molecule has 0 aromatic rings. The van der Waals surface area contributed by atoms with E-state index in [1.54, 1.807) is 0 Å². The van der Waals surface area contributed by atoms with Gasteiger partial charge in [0.05, 0.1) is 25.3 Å². The molecule has 2 aliphatic heterocycles. The molecule has 10 atom stereocenters. The third-order valence-electron chi connectivity index (χ3n) is 4.14. The third kappa shape index (κ3) is 3.65. The maximum atomic E-state index is 10.1. The van der Waals surface area contributed by atoms with Gasteiger partial charge in [-0.2, -0.15) is 0 Å². The zero-order chi connectivity index (χ0) is 17.3. The number of hydrogen-bond donors (Lipinski definition) is 8. The predicted molar refractivity (Wildman–Crippen MR) is 72.6 cm³/mol. The maximum absolute atomic E-state index is 10.1. The van der Waals surface area contributed by atoms with Crippen LogP contribution in [0.5, 0.6) is 0 Å². The van der Waals surface area contributed by atoms with Crippen LogP contribution in [0.1, 0.15) is 0 Å². The fraction of sp³-hybridized carbons (Fsp3) is 1.00. The van der Waals surface area contributed by atoms with E-state index < -0.39 is 74.5 Å². The van der Waals surface area contributed by atoms with Gasteiger partial charge in [0.15, 0.2) is 12.6 Å². The molecule has 0 aromatic heterocycles. The van der Waals surface area contributed by atoms with Gasteiger partial charge < -0.3 is 56.3 Å². The second-order valence-corrected chi connectivity index (χ2v) is 5.70. The van der Waals surface area contributed by atoms with Crippen LogP contribution in [0.4, 0.5) is 0 Å². The fourth-order valence-corrected chi connectivity index (χ4v) is 2.65. The van der Waals surface area contributed by atoms with Crippen LogP contribution < -0.4 is 11.5 Å². The summed E-state index contributed by atoms with van der Waals surface area (Å²) in [5.41, 5.74) is 11.3. The topological polar surface area (TPSA) is 201 Å². The van der Waals surface area contributed by atoms with Gasteiger partial charge in [-0.25, -0.2) is 0 Å². The zero-order valence-electron chi connectivity index (χ0n) is 12.3. The predicted octanol–water partition coefficient (Wildman–Crippen LogP) is -5.46. The van der Waals surface area contributed by atoms with Crippen LogP contribution >= 0.6 is 0 Å². The van der Waals surface area contributed by atoms with Crippen molar-refractivity contribution in [1.29, 1.82) is 0 Å². The molecule has 0 aromatic carbocycles. The Bertz CT molecular complexity index is 386. The standard InChI is InChI=1S/C12H24N2O9/c13-5-9(19)10(4(2-16)21-11(5)20)23-12-6(14)8(18)7(17)3(1-15)22-12/h3-12,15-20H,1-2,13-14H2/t3-,4?,5-,6?,7?,8?,9?,10?,11-,12+/m1/s1. The molecule has 2 aliphatic rings. The van der Waals surface area contributed by atoms with Gasteiger partial charge in [-0.15, -0.1) is 0 Å². The van der Waals surface area contributed by atoms with Crippen LogP contribution in [-0.2, 0) is 14.2 Å². The average molecular weight is 340 g/mol. The van der Waals surface area contributed by atoms with Gasteiger partial charge in [0, 0.05) is 0 Å². The first-order valence-corrected chi connectivity index (χ1v) is 7.23. The highest BCUT2D eigenvalue weighted by atomic mass is 16.7. The van der Waals surface area contributed by atoms with Crippen LogP contribution in [0.25, 0.3) is 0 Å². The Balaban J connectivity index is 2.11. The molecule has 136 valence electrons. The Morgan fingerprint density at radius 3 is 1.96 bits per heavy atom. The normalized spacial score (nSPS) is 51.7. The van der Waals surface area contributed by atoms with E-state index in [1.165, 1.54) is 0 Å². The van der Waals surface area contributed by atoms with Gasteiger partial charge in [-0.1, -0.05) is 0 Å². The second kappa shape index (κ2) is 7.63. The van der Waals surface area contributed by atoms with Crippen molar-refractivity contribution in [3.05, 3.63) is 0 Å². The first kappa shape index (κ1) is 18.9. The summed E-state index contributed by atoms with van der Waals surface area (Å²) >= 11 is 0. The summed E-state index contributed by atoms with van der Waals surface area (Å²) in [5, 5.41) is 57.7. The average Bonchev–Trinajstić information content (AvgIpc) is 2.55. The molecule has 10 N–H and O–H groups in total. The number of ether oxygens (including phenoxy) is 3. The lowest BCUT2D eigenvalue weighted by molar-refractivity contribution is -0.324. The maximum Gasteiger partial charge on any atom is 0.176 e. The molecule has 6 unspecified atom stereocenters. The Hall–Kier alpha value is -0.440. The van der Waals surface area contributed by atoms with Gasteiger partial charge in [-0.05, 0) is 0 Å².